The summed E-state index contributed by atoms with van der Waals surface area (Å²) in [5.74, 6) is -0.0178. The van der Waals surface area contributed by atoms with Crippen LogP contribution in [0.15, 0.2) is 29.2 Å². The van der Waals surface area contributed by atoms with Crippen LogP contribution >= 0.6 is 11.8 Å². The summed E-state index contributed by atoms with van der Waals surface area (Å²) in [4.78, 5) is 12.7. The summed E-state index contributed by atoms with van der Waals surface area (Å²) in [5.41, 5.74) is 0.842. The first-order chi connectivity index (χ1) is 7.17. The van der Waals surface area contributed by atoms with Crippen molar-refractivity contribution in [3.05, 3.63) is 24.3 Å². The van der Waals surface area contributed by atoms with Crippen molar-refractivity contribution in [1.82, 2.24) is 5.32 Å². The Hall–Kier alpha value is -1.00. The van der Waals surface area contributed by atoms with Crippen molar-refractivity contribution in [1.29, 1.82) is 0 Å². The standard InChI is InChI=1S/C11H16N2OS/c1-8(12-2)11(14)13-9-5-4-6-10(7-9)15-3/h4-8,12H,1-3H3,(H,13,14). The number of amides is 1. The maximum atomic E-state index is 11.6. The summed E-state index contributed by atoms with van der Waals surface area (Å²) in [6.07, 6.45) is 2.01. The van der Waals surface area contributed by atoms with Crippen molar-refractivity contribution in [3.8, 4) is 0 Å². The van der Waals surface area contributed by atoms with Crippen LogP contribution in [0.3, 0.4) is 0 Å². The second kappa shape index (κ2) is 5.78. The van der Waals surface area contributed by atoms with E-state index in [1.165, 1.54) is 0 Å². The highest BCUT2D eigenvalue weighted by molar-refractivity contribution is 7.98. The first-order valence-electron chi connectivity index (χ1n) is 4.79. The van der Waals surface area contributed by atoms with E-state index >= 15 is 0 Å². The van der Waals surface area contributed by atoms with E-state index in [-0.39, 0.29) is 11.9 Å². The van der Waals surface area contributed by atoms with Gasteiger partial charge in [0.05, 0.1) is 6.04 Å². The Labute approximate surface area is 94.6 Å². The van der Waals surface area contributed by atoms with Gasteiger partial charge in [0, 0.05) is 10.6 Å². The molecule has 0 aromatic heterocycles. The summed E-state index contributed by atoms with van der Waals surface area (Å²) in [6.45, 7) is 1.83. The number of likely N-dealkylation sites (N-methyl/N-ethyl adjacent to an activating group) is 1. The maximum Gasteiger partial charge on any atom is 0.241 e. The van der Waals surface area contributed by atoms with Crippen molar-refractivity contribution in [3.63, 3.8) is 0 Å². The SMILES string of the molecule is CNC(C)C(=O)Nc1cccc(SC)c1. The third-order valence-electron chi connectivity index (χ3n) is 2.16. The van der Waals surface area contributed by atoms with Crippen LogP contribution in [-0.2, 0) is 4.79 Å². The third-order valence-corrected chi connectivity index (χ3v) is 2.89. The van der Waals surface area contributed by atoms with E-state index in [0.29, 0.717) is 0 Å². The van der Waals surface area contributed by atoms with Crippen LogP contribution in [-0.4, -0.2) is 25.3 Å². The fourth-order valence-corrected chi connectivity index (χ4v) is 1.54. The van der Waals surface area contributed by atoms with Gasteiger partial charge in [-0.25, -0.2) is 0 Å². The molecular formula is C11H16N2OS. The van der Waals surface area contributed by atoms with Gasteiger partial charge in [0.25, 0.3) is 0 Å². The Bertz CT molecular complexity index is 341. The van der Waals surface area contributed by atoms with Gasteiger partial charge in [-0.3, -0.25) is 4.79 Å². The Morgan fingerprint density at radius 1 is 1.47 bits per heavy atom. The summed E-state index contributed by atoms with van der Waals surface area (Å²) in [6, 6.07) is 7.63. The summed E-state index contributed by atoms with van der Waals surface area (Å²) < 4.78 is 0. The molecular weight excluding hydrogens is 208 g/mol. The number of carbonyl (C=O) groups is 1. The monoisotopic (exact) mass is 224 g/mol. The van der Waals surface area contributed by atoms with Crippen LogP contribution in [0.1, 0.15) is 6.92 Å². The van der Waals surface area contributed by atoms with Gasteiger partial charge in [0.2, 0.25) is 5.91 Å². The van der Waals surface area contributed by atoms with Gasteiger partial charge in [-0.05, 0) is 38.4 Å². The fourth-order valence-electron chi connectivity index (χ4n) is 1.08. The van der Waals surface area contributed by atoms with Crippen molar-refractivity contribution >= 4 is 23.4 Å². The van der Waals surface area contributed by atoms with Gasteiger partial charge < -0.3 is 10.6 Å². The number of rotatable bonds is 4. The quantitative estimate of drug-likeness (QED) is 0.768. The zero-order valence-electron chi connectivity index (χ0n) is 9.20. The molecule has 0 radical (unpaired) electrons. The number of benzene rings is 1. The van der Waals surface area contributed by atoms with Gasteiger partial charge in [0.15, 0.2) is 0 Å². The minimum Gasteiger partial charge on any atom is -0.325 e. The van der Waals surface area contributed by atoms with E-state index in [0.717, 1.165) is 10.6 Å². The third kappa shape index (κ3) is 3.57. The maximum absolute atomic E-state index is 11.6. The first-order valence-corrected chi connectivity index (χ1v) is 6.02. The number of carbonyl (C=O) groups excluding carboxylic acids is 1. The molecule has 1 atom stereocenters. The number of nitrogens with one attached hydrogen (secondary N) is 2. The second-order valence-corrected chi connectivity index (χ2v) is 4.11. The second-order valence-electron chi connectivity index (χ2n) is 3.23. The highest BCUT2D eigenvalue weighted by atomic mass is 32.2. The van der Waals surface area contributed by atoms with Gasteiger partial charge in [0.1, 0.15) is 0 Å². The zero-order valence-corrected chi connectivity index (χ0v) is 10.0. The molecule has 1 amide bonds. The highest BCUT2D eigenvalue weighted by Gasteiger charge is 2.09. The summed E-state index contributed by atoms with van der Waals surface area (Å²) >= 11 is 1.66. The molecule has 1 aromatic rings. The van der Waals surface area contributed by atoms with Crippen LogP contribution in [0, 0.1) is 0 Å². The lowest BCUT2D eigenvalue weighted by Crippen LogP contribution is -2.35. The Morgan fingerprint density at radius 2 is 2.20 bits per heavy atom. The summed E-state index contributed by atoms with van der Waals surface area (Å²) in [7, 11) is 1.77. The average molecular weight is 224 g/mol. The van der Waals surface area contributed by atoms with Crippen LogP contribution in [0.4, 0.5) is 5.69 Å². The molecule has 0 spiro atoms. The molecule has 15 heavy (non-hydrogen) atoms. The predicted octanol–water partition coefficient (Wildman–Crippen LogP) is 1.95. The van der Waals surface area contributed by atoms with E-state index in [1.807, 2.05) is 37.4 Å². The number of thioether (sulfide) groups is 1. The summed E-state index contributed by atoms with van der Waals surface area (Å²) in [5, 5.41) is 5.75. The van der Waals surface area contributed by atoms with Gasteiger partial charge >= 0.3 is 0 Å². The molecule has 2 N–H and O–H groups in total. The van der Waals surface area contributed by atoms with Crippen LogP contribution in [0.2, 0.25) is 0 Å². The van der Waals surface area contributed by atoms with E-state index in [2.05, 4.69) is 10.6 Å². The minimum absolute atomic E-state index is 0.0178. The Morgan fingerprint density at radius 3 is 2.80 bits per heavy atom. The lowest BCUT2D eigenvalue weighted by molar-refractivity contribution is -0.117. The van der Waals surface area contributed by atoms with Crippen LogP contribution in [0.5, 0.6) is 0 Å². The van der Waals surface area contributed by atoms with Crippen molar-refractivity contribution in [2.75, 3.05) is 18.6 Å². The van der Waals surface area contributed by atoms with Crippen LogP contribution < -0.4 is 10.6 Å². The molecule has 1 aromatic carbocycles. The van der Waals surface area contributed by atoms with Gasteiger partial charge in [-0.2, -0.15) is 0 Å². The molecule has 0 saturated heterocycles. The predicted molar refractivity (Wildman–Crippen MR) is 65.4 cm³/mol. The van der Waals surface area contributed by atoms with E-state index in [1.54, 1.807) is 18.8 Å². The molecule has 0 aliphatic rings. The molecule has 0 fully saturated rings. The Balaban J connectivity index is 2.68. The smallest absolute Gasteiger partial charge is 0.241 e. The molecule has 82 valence electrons. The number of hydrogen-bond donors (Lipinski definition) is 2. The molecule has 1 rings (SSSR count). The van der Waals surface area contributed by atoms with Crippen molar-refractivity contribution < 1.29 is 4.79 Å². The van der Waals surface area contributed by atoms with Gasteiger partial charge in [-0.1, -0.05) is 6.07 Å². The first kappa shape index (κ1) is 12.1. The molecule has 1 unspecified atom stereocenters. The van der Waals surface area contributed by atoms with E-state index < -0.39 is 0 Å². The average Bonchev–Trinajstić information content (AvgIpc) is 2.28. The lowest BCUT2D eigenvalue weighted by Gasteiger charge is -2.11. The number of hydrogen-bond acceptors (Lipinski definition) is 3. The largest absolute Gasteiger partial charge is 0.325 e. The molecule has 0 aliphatic heterocycles. The minimum atomic E-state index is -0.178. The topological polar surface area (TPSA) is 41.1 Å². The molecule has 4 heteroatoms. The highest BCUT2D eigenvalue weighted by Crippen LogP contribution is 2.18. The molecule has 0 aliphatic carbocycles. The van der Waals surface area contributed by atoms with Crippen molar-refractivity contribution in [2.45, 2.75) is 17.9 Å². The molecule has 0 saturated carbocycles. The van der Waals surface area contributed by atoms with Crippen molar-refractivity contribution in [2.24, 2.45) is 0 Å². The fraction of sp³-hybridized carbons (Fsp3) is 0.364. The molecule has 0 heterocycles. The lowest BCUT2D eigenvalue weighted by atomic mass is 10.3. The van der Waals surface area contributed by atoms with Gasteiger partial charge in [-0.15, -0.1) is 11.8 Å². The zero-order chi connectivity index (χ0) is 11.3. The van der Waals surface area contributed by atoms with E-state index in [4.69, 9.17) is 0 Å². The molecule has 0 bridgehead atoms. The van der Waals surface area contributed by atoms with Crippen LogP contribution in [0.25, 0.3) is 0 Å². The Kier molecular flexibility index (Phi) is 4.65. The van der Waals surface area contributed by atoms with E-state index in [9.17, 15) is 4.79 Å². The normalized spacial score (nSPS) is 12.2. The molecule has 3 nitrogen and oxygen atoms in total. The number of anilines is 1.